The molecule has 1 aromatic carbocycles. The average molecular weight is 169 g/mol. The van der Waals surface area contributed by atoms with Gasteiger partial charge in [0.05, 0.1) is 0 Å². The van der Waals surface area contributed by atoms with Crippen LogP contribution in [0.1, 0.15) is 10.4 Å². The summed E-state index contributed by atoms with van der Waals surface area (Å²) >= 11 is -2.32. The molecule has 0 saturated carbocycles. The minimum atomic E-state index is -2.32. The lowest BCUT2D eigenvalue weighted by atomic mass is 10.2. The quantitative estimate of drug-likeness (QED) is 0.484. The Morgan fingerprint density at radius 2 is 2.00 bits per heavy atom. The number of carbonyl (C=O) groups excluding carboxylic acids is 1. The Hall–Kier alpha value is -1.00. The second kappa shape index (κ2) is 3.41. The number of hydrogen-bond donors (Lipinski definition) is 0. The van der Waals surface area contributed by atoms with Crippen molar-refractivity contribution in [3.8, 4) is 0 Å². The van der Waals surface area contributed by atoms with Crippen molar-refractivity contribution < 1.29 is 13.6 Å². The fourth-order valence-electron chi connectivity index (χ4n) is 0.730. The van der Waals surface area contributed by atoms with Crippen LogP contribution in [0.15, 0.2) is 29.2 Å². The van der Waals surface area contributed by atoms with Gasteiger partial charge in [-0.15, -0.1) is 0 Å². The SMILES string of the molecule is O=Cc1ccccc1S(=O)[O-]. The Kier molecular flexibility index (Phi) is 2.51. The maximum atomic E-state index is 10.4. The van der Waals surface area contributed by atoms with E-state index in [0.717, 1.165) is 0 Å². The molecule has 11 heavy (non-hydrogen) atoms. The molecule has 0 radical (unpaired) electrons. The summed E-state index contributed by atoms with van der Waals surface area (Å²) < 4.78 is 20.8. The first-order valence-corrected chi connectivity index (χ1v) is 3.96. The molecule has 0 spiro atoms. The normalized spacial score (nSPS) is 12.5. The molecule has 0 N–H and O–H groups in total. The molecular weight excluding hydrogens is 164 g/mol. The van der Waals surface area contributed by atoms with Crippen molar-refractivity contribution in [3.63, 3.8) is 0 Å². The first-order valence-electron chi connectivity index (χ1n) is 2.89. The molecule has 1 unspecified atom stereocenters. The van der Waals surface area contributed by atoms with E-state index in [1.807, 2.05) is 0 Å². The number of hydrogen-bond acceptors (Lipinski definition) is 3. The smallest absolute Gasteiger partial charge is 0.151 e. The maximum Gasteiger partial charge on any atom is 0.151 e. The summed E-state index contributed by atoms with van der Waals surface area (Å²) in [6.45, 7) is 0. The van der Waals surface area contributed by atoms with Crippen molar-refractivity contribution in [3.05, 3.63) is 29.8 Å². The first-order chi connectivity index (χ1) is 5.25. The molecule has 0 aliphatic rings. The third-order valence-electron chi connectivity index (χ3n) is 1.23. The number of rotatable bonds is 2. The summed E-state index contributed by atoms with van der Waals surface area (Å²) in [6.07, 6.45) is 0.519. The monoisotopic (exact) mass is 169 g/mol. The zero-order valence-corrected chi connectivity index (χ0v) is 6.34. The highest BCUT2D eigenvalue weighted by Crippen LogP contribution is 2.08. The van der Waals surface area contributed by atoms with Crippen molar-refractivity contribution >= 4 is 17.4 Å². The summed E-state index contributed by atoms with van der Waals surface area (Å²) in [5, 5.41) is 0. The molecular formula is C7H5O3S-. The molecule has 0 aliphatic heterocycles. The molecule has 0 fully saturated rings. The zero-order valence-electron chi connectivity index (χ0n) is 5.52. The van der Waals surface area contributed by atoms with Crippen LogP contribution in [-0.2, 0) is 11.1 Å². The molecule has 0 amide bonds. The molecule has 1 aromatic rings. The van der Waals surface area contributed by atoms with Gasteiger partial charge < -0.3 is 4.55 Å². The zero-order chi connectivity index (χ0) is 8.27. The molecule has 3 nitrogen and oxygen atoms in total. The molecule has 1 rings (SSSR count). The number of benzene rings is 1. The lowest BCUT2D eigenvalue weighted by Gasteiger charge is -2.05. The minimum Gasteiger partial charge on any atom is -0.768 e. The van der Waals surface area contributed by atoms with E-state index in [0.29, 0.717) is 6.29 Å². The van der Waals surface area contributed by atoms with Crippen LogP contribution < -0.4 is 0 Å². The highest BCUT2D eigenvalue weighted by molar-refractivity contribution is 7.79. The van der Waals surface area contributed by atoms with Gasteiger partial charge in [-0.1, -0.05) is 18.2 Å². The van der Waals surface area contributed by atoms with Crippen LogP contribution in [0.4, 0.5) is 0 Å². The van der Waals surface area contributed by atoms with Crippen LogP contribution in [0.2, 0.25) is 0 Å². The Labute approximate surface area is 66.3 Å². The topological polar surface area (TPSA) is 57.2 Å². The third kappa shape index (κ3) is 1.72. The minimum absolute atomic E-state index is 0.0440. The van der Waals surface area contributed by atoms with Crippen molar-refractivity contribution in [1.82, 2.24) is 0 Å². The van der Waals surface area contributed by atoms with Gasteiger partial charge in [0.2, 0.25) is 0 Å². The van der Waals surface area contributed by atoms with E-state index in [4.69, 9.17) is 0 Å². The standard InChI is InChI=1S/C7H6O3S/c8-5-6-3-1-2-4-7(6)11(9)10/h1-5H,(H,9,10)/p-1. The second-order valence-corrected chi connectivity index (χ2v) is 2.80. The summed E-state index contributed by atoms with van der Waals surface area (Å²) in [7, 11) is 0. The van der Waals surface area contributed by atoms with Gasteiger partial charge in [0.25, 0.3) is 0 Å². The second-order valence-electron chi connectivity index (χ2n) is 1.89. The molecule has 0 aromatic heterocycles. The van der Waals surface area contributed by atoms with Gasteiger partial charge >= 0.3 is 0 Å². The highest BCUT2D eigenvalue weighted by Gasteiger charge is 1.98. The third-order valence-corrected chi connectivity index (χ3v) is 1.96. The molecule has 58 valence electrons. The van der Waals surface area contributed by atoms with E-state index in [2.05, 4.69) is 0 Å². The van der Waals surface area contributed by atoms with E-state index < -0.39 is 11.1 Å². The van der Waals surface area contributed by atoms with E-state index >= 15 is 0 Å². The van der Waals surface area contributed by atoms with Crippen LogP contribution in [-0.4, -0.2) is 15.0 Å². The van der Waals surface area contributed by atoms with Gasteiger partial charge in [0.15, 0.2) is 6.29 Å². The lowest BCUT2D eigenvalue weighted by Crippen LogP contribution is -1.94. The fraction of sp³-hybridized carbons (Fsp3) is 0. The maximum absolute atomic E-state index is 10.4. The van der Waals surface area contributed by atoms with Crippen LogP contribution in [0.25, 0.3) is 0 Å². The van der Waals surface area contributed by atoms with Gasteiger partial charge in [0.1, 0.15) is 0 Å². The van der Waals surface area contributed by atoms with Gasteiger partial charge in [0, 0.05) is 10.5 Å². The van der Waals surface area contributed by atoms with Crippen LogP contribution in [0.5, 0.6) is 0 Å². The Morgan fingerprint density at radius 1 is 1.36 bits per heavy atom. The molecule has 0 aliphatic carbocycles. The fourth-order valence-corrected chi connectivity index (χ4v) is 1.23. The predicted molar refractivity (Wildman–Crippen MR) is 39.0 cm³/mol. The van der Waals surface area contributed by atoms with Gasteiger partial charge in [-0.2, -0.15) is 0 Å². The Morgan fingerprint density at radius 3 is 2.45 bits per heavy atom. The number of carbonyl (C=O) groups is 1. The van der Waals surface area contributed by atoms with Crippen LogP contribution in [0, 0.1) is 0 Å². The molecule has 1 atom stereocenters. The summed E-state index contributed by atoms with van der Waals surface area (Å²) in [4.78, 5) is 10.3. The molecule has 4 heteroatoms. The van der Waals surface area contributed by atoms with Crippen molar-refractivity contribution in [2.75, 3.05) is 0 Å². The largest absolute Gasteiger partial charge is 0.768 e. The molecule has 0 bridgehead atoms. The molecule has 0 saturated heterocycles. The predicted octanol–water partition coefficient (Wildman–Crippen LogP) is 0.737. The Balaban J connectivity index is 3.22. The van der Waals surface area contributed by atoms with Gasteiger partial charge in [-0.05, 0) is 17.1 Å². The summed E-state index contributed by atoms with van der Waals surface area (Å²) in [6, 6.07) is 6.02. The van der Waals surface area contributed by atoms with E-state index in [1.165, 1.54) is 12.1 Å². The van der Waals surface area contributed by atoms with E-state index in [-0.39, 0.29) is 10.5 Å². The number of aldehydes is 1. The Bertz CT molecular complexity index is 295. The van der Waals surface area contributed by atoms with Crippen LogP contribution >= 0.6 is 0 Å². The average Bonchev–Trinajstić information content (AvgIpc) is 2.04. The molecule has 0 heterocycles. The lowest BCUT2D eigenvalue weighted by molar-refractivity contribution is 0.112. The van der Waals surface area contributed by atoms with Gasteiger partial charge in [-0.3, -0.25) is 9.00 Å². The van der Waals surface area contributed by atoms with Crippen molar-refractivity contribution in [2.45, 2.75) is 4.90 Å². The first kappa shape index (κ1) is 8.10. The van der Waals surface area contributed by atoms with Crippen LogP contribution in [0.3, 0.4) is 0 Å². The highest BCUT2D eigenvalue weighted by atomic mass is 32.2. The van der Waals surface area contributed by atoms with Crippen molar-refractivity contribution in [1.29, 1.82) is 0 Å². The van der Waals surface area contributed by atoms with Crippen molar-refractivity contribution in [2.24, 2.45) is 0 Å². The summed E-state index contributed by atoms with van der Waals surface area (Å²) in [5.74, 6) is 0. The summed E-state index contributed by atoms with van der Waals surface area (Å²) in [5.41, 5.74) is 0.195. The van der Waals surface area contributed by atoms with E-state index in [1.54, 1.807) is 12.1 Å². The van der Waals surface area contributed by atoms with Gasteiger partial charge in [-0.25, -0.2) is 0 Å². The van der Waals surface area contributed by atoms with E-state index in [9.17, 15) is 13.6 Å².